The Labute approximate surface area is 123 Å². The molecule has 0 spiro atoms. The van der Waals surface area contributed by atoms with Gasteiger partial charge in [0.2, 0.25) is 0 Å². The molecule has 0 bridgehead atoms. The van der Waals surface area contributed by atoms with Gasteiger partial charge in [-0.05, 0) is 47.2 Å². The molecule has 1 atom stereocenters. The number of benzene rings is 1. The molecular weight excluding hydrogens is 369 g/mol. The molecule has 0 saturated carbocycles. The van der Waals surface area contributed by atoms with Crippen LogP contribution in [0.2, 0.25) is 0 Å². The summed E-state index contributed by atoms with van der Waals surface area (Å²) in [5.41, 5.74) is 0.719. The molecule has 6 heteroatoms. The van der Waals surface area contributed by atoms with Crippen LogP contribution in [0.3, 0.4) is 0 Å². The molecule has 1 heterocycles. The van der Waals surface area contributed by atoms with Gasteiger partial charge in [0.15, 0.2) is 5.82 Å². The van der Waals surface area contributed by atoms with E-state index in [9.17, 15) is 4.39 Å². The van der Waals surface area contributed by atoms with Gasteiger partial charge in [-0.1, -0.05) is 18.5 Å². The number of nitrogens with zero attached hydrogens (tertiary/aromatic N) is 2. The van der Waals surface area contributed by atoms with Crippen molar-refractivity contribution in [3.8, 4) is 11.5 Å². The zero-order valence-corrected chi connectivity index (χ0v) is 12.6. The SMILES string of the molecule is CCCC(Cl)c1noc(-c2ccc(F)cc2I)n1. The van der Waals surface area contributed by atoms with Gasteiger partial charge in [0.05, 0.1) is 10.9 Å². The minimum Gasteiger partial charge on any atom is -0.334 e. The molecule has 0 saturated heterocycles. The largest absolute Gasteiger partial charge is 0.334 e. The maximum absolute atomic E-state index is 13.0. The smallest absolute Gasteiger partial charge is 0.259 e. The fourth-order valence-corrected chi connectivity index (χ4v) is 2.53. The van der Waals surface area contributed by atoms with Crippen LogP contribution in [0.15, 0.2) is 22.7 Å². The number of hydrogen-bond donors (Lipinski definition) is 0. The molecule has 0 aliphatic rings. The summed E-state index contributed by atoms with van der Waals surface area (Å²) in [6.07, 6.45) is 1.74. The highest BCUT2D eigenvalue weighted by molar-refractivity contribution is 14.1. The van der Waals surface area contributed by atoms with Crippen molar-refractivity contribution in [3.63, 3.8) is 0 Å². The molecule has 1 aromatic heterocycles. The lowest BCUT2D eigenvalue weighted by atomic mass is 10.2. The van der Waals surface area contributed by atoms with E-state index in [1.165, 1.54) is 12.1 Å². The Morgan fingerprint density at radius 2 is 2.28 bits per heavy atom. The van der Waals surface area contributed by atoms with Crippen molar-refractivity contribution in [1.82, 2.24) is 10.1 Å². The Hall–Kier alpha value is -0.690. The van der Waals surface area contributed by atoms with Gasteiger partial charge in [-0.2, -0.15) is 4.98 Å². The molecule has 96 valence electrons. The van der Waals surface area contributed by atoms with Crippen LogP contribution in [0.25, 0.3) is 11.5 Å². The number of rotatable bonds is 4. The third-order valence-corrected chi connectivity index (χ3v) is 3.73. The van der Waals surface area contributed by atoms with Crippen molar-refractivity contribution in [3.05, 3.63) is 33.4 Å². The summed E-state index contributed by atoms with van der Waals surface area (Å²) < 4.78 is 18.9. The highest BCUT2D eigenvalue weighted by atomic mass is 127. The van der Waals surface area contributed by atoms with Gasteiger partial charge in [-0.25, -0.2) is 4.39 Å². The molecule has 18 heavy (non-hydrogen) atoms. The first-order chi connectivity index (χ1) is 8.61. The predicted octanol–water partition coefficient (Wildman–Crippen LogP) is 4.56. The summed E-state index contributed by atoms with van der Waals surface area (Å²) in [5, 5.41) is 3.61. The molecule has 0 amide bonds. The molecule has 3 nitrogen and oxygen atoms in total. The molecule has 1 unspecified atom stereocenters. The van der Waals surface area contributed by atoms with Crippen molar-refractivity contribution in [1.29, 1.82) is 0 Å². The monoisotopic (exact) mass is 380 g/mol. The van der Waals surface area contributed by atoms with Crippen molar-refractivity contribution in [2.75, 3.05) is 0 Å². The van der Waals surface area contributed by atoms with Crippen LogP contribution in [0.5, 0.6) is 0 Å². The van der Waals surface area contributed by atoms with E-state index in [0.29, 0.717) is 11.7 Å². The molecular formula is C12H11ClFIN2O. The van der Waals surface area contributed by atoms with E-state index in [2.05, 4.69) is 10.1 Å². The van der Waals surface area contributed by atoms with Crippen LogP contribution in [-0.2, 0) is 0 Å². The maximum atomic E-state index is 13.0. The minimum absolute atomic E-state index is 0.245. The average Bonchev–Trinajstić information content (AvgIpc) is 2.78. The second kappa shape index (κ2) is 5.97. The summed E-state index contributed by atoms with van der Waals surface area (Å²) in [7, 11) is 0. The summed E-state index contributed by atoms with van der Waals surface area (Å²) in [5.74, 6) is 0.564. The van der Waals surface area contributed by atoms with E-state index in [4.69, 9.17) is 16.1 Å². The lowest BCUT2D eigenvalue weighted by Crippen LogP contribution is -1.92. The van der Waals surface area contributed by atoms with Gasteiger partial charge in [0, 0.05) is 3.57 Å². The number of halogens is 3. The van der Waals surface area contributed by atoms with Crippen LogP contribution in [-0.4, -0.2) is 10.1 Å². The summed E-state index contributed by atoms with van der Waals surface area (Å²) in [4.78, 5) is 4.25. The number of hydrogen-bond acceptors (Lipinski definition) is 3. The van der Waals surface area contributed by atoms with E-state index in [1.54, 1.807) is 6.07 Å². The molecule has 0 aliphatic heterocycles. The van der Waals surface area contributed by atoms with Crippen LogP contribution in [0.1, 0.15) is 31.0 Å². The second-order valence-corrected chi connectivity index (χ2v) is 5.53. The Balaban J connectivity index is 2.29. The predicted molar refractivity (Wildman–Crippen MR) is 75.9 cm³/mol. The quantitative estimate of drug-likeness (QED) is 0.576. The van der Waals surface area contributed by atoms with Crippen LogP contribution < -0.4 is 0 Å². The van der Waals surface area contributed by atoms with Crippen molar-refractivity contribution in [2.45, 2.75) is 25.1 Å². The number of aromatic nitrogens is 2. The first-order valence-electron chi connectivity index (χ1n) is 5.55. The lowest BCUT2D eigenvalue weighted by molar-refractivity contribution is 0.420. The Morgan fingerprint density at radius 1 is 1.50 bits per heavy atom. The fourth-order valence-electron chi connectivity index (χ4n) is 1.52. The average molecular weight is 381 g/mol. The summed E-state index contributed by atoms with van der Waals surface area (Å²) in [6, 6.07) is 4.41. The highest BCUT2D eigenvalue weighted by Crippen LogP contribution is 2.28. The summed E-state index contributed by atoms with van der Waals surface area (Å²) >= 11 is 8.16. The van der Waals surface area contributed by atoms with E-state index >= 15 is 0 Å². The van der Waals surface area contributed by atoms with Gasteiger partial charge >= 0.3 is 0 Å². The highest BCUT2D eigenvalue weighted by Gasteiger charge is 2.17. The third-order valence-electron chi connectivity index (χ3n) is 2.43. The topological polar surface area (TPSA) is 38.9 Å². The maximum Gasteiger partial charge on any atom is 0.259 e. The van der Waals surface area contributed by atoms with Crippen molar-refractivity contribution < 1.29 is 8.91 Å². The summed E-state index contributed by atoms with van der Waals surface area (Å²) in [6.45, 7) is 2.04. The minimum atomic E-state index is -0.288. The molecule has 0 N–H and O–H groups in total. The van der Waals surface area contributed by atoms with E-state index in [1.807, 2.05) is 29.5 Å². The van der Waals surface area contributed by atoms with Crippen molar-refractivity contribution >= 4 is 34.2 Å². The standard InChI is InChI=1S/C12H11ClFIN2O/c1-2-3-9(13)11-16-12(18-17-11)8-5-4-7(14)6-10(8)15/h4-6,9H,2-3H2,1H3. The van der Waals surface area contributed by atoms with Gasteiger partial charge in [0.1, 0.15) is 5.82 Å². The Morgan fingerprint density at radius 3 is 2.94 bits per heavy atom. The van der Waals surface area contributed by atoms with Crippen molar-refractivity contribution in [2.24, 2.45) is 0 Å². The second-order valence-electron chi connectivity index (χ2n) is 3.84. The molecule has 0 aliphatic carbocycles. The van der Waals surface area contributed by atoms with E-state index < -0.39 is 0 Å². The van der Waals surface area contributed by atoms with E-state index in [0.717, 1.165) is 22.0 Å². The zero-order chi connectivity index (χ0) is 13.1. The van der Waals surface area contributed by atoms with Gasteiger partial charge < -0.3 is 4.52 Å². The normalized spacial score (nSPS) is 12.7. The van der Waals surface area contributed by atoms with Crippen LogP contribution in [0.4, 0.5) is 4.39 Å². The Bertz CT molecular complexity index is 547. The Kier molecular flexibility index (Phi) is 4.55. The molecule has 2 rings (SSSR count). The lowest BCUT2D eigenvalue weighted by Gasteiger charge is -2.00. The van der Waals surface area contributed by atoms with Gasteiger partial charge in [-0.15, -0.1) is 11.6 Å². The van der Waals surface area contributed by atoms with Crippen LogP contribution >= 0.6 is 34.2 Å². The molecule has 1 aromatic carbocycles. The molecule has 0 fully saturated rings. The first kappa shape index (κ1) is 13.7. The molecule has 0 radical (unpaired) electrons. The van der Waals surface area contributed by atoms with Gasteiger partial charge in [-0.3, -0.25) is 0 Å². The van der Waals surface area contributed by atoms with E-state index in [-0.39, 0.29) is 11.2 Å². The number of alkyl halides is 1. The first-order valence-corrected chi connectivity index (χ1v) is 7.06. The van der Waals surface area contributed by atoms with Gasteiger partial charge in [0.25, 0.3) is 5.89 Å². The fraction of sp³-hybridized carbons (Fsp3) is 0.333. The molecule has 2 aromatic rings. The zero-order valence-electron chi connectivity index (χ0n) is 9.66. The van der Waals surface area contributed by atoms with Crippen LogP contribution in [0, 0.1) is 9.39 Å². The third kappa shape index (κ3) is 3.00.